The zero-order valence-corrected chi connectivity index (χ0v) is 12.6. The van der Waals surface area contributed by atoms with E-state index in [-0.39, 0.29) is 5.41 Å². The standard InChI is InChI=1S/C10H14N3OP3/c1-10(2,3)8-6-4-5-7-9(8)14-17-12-15-11-16-13-17/h4-7H,1-3H3,(H,11,12,13). The van der Waals surface area contributed by atoms with Crippen molar-refractivity contribution >= 4 is 25.5 Å². The van der Waals surface area contributed by atoms with Crippen molar-refractivity contribution in [3.63, 3.8) is 0 Å². The van der Waals surface area contributed by atoms with Crippen LogP contribution in [0.4, 0.5) is 0 Å². The average molecular weight is 285 g/mol. The summed E-state index contributed by atoms with van der Waals surface area (Å²) in [6.45, 7) is 6.54. The highest BCUT2D eigenvalue weighted by molar-refractivity contribution is 7.64. The lowest BCUT2D eigenvalue weighted by Crippen LogP contribution is -2.12. The van der Waals surface area contributed by atoms with Crippen LogP contribution in [0.1, 0.15) is 26.3 Å². The van der Waals surface area contributed by atoms with E-state index >= 15 is 0 Å². The second kappa shape index (κ2) is 5.50. The smallest absolute Gasteiger partial charge is 0.311 e. The fraction of sp³-hybridized carbons (Fsp3) is 0.400. The summed E-state index contributed by atoms with van der Waals surface area (Å²) in [7, 11) is 0.650. The van der Waals surface area contributed by atoms with Gasteiger partial charge < -0.3 is 4.52 Å². The molecule has 1 atom stereocenters. The van der Waals surface area contributed by atoms with Gasteiger partial charge in [0, 0.05) is 0 Å². The molecule has 1 N–H and O–H groups in total. The minimum Gasteiger partial charge on any atom is -0.439 e. The zero-order valence-electron chi connectivity index (χ0n) is 9.95. The van der Waals surface area contributed by atoms with Gasteiger partial charge in [0.25, 0.3) is 0 Å². The van der Waals surface area contributed by atoms with Crippen LogP contribution in [0.3, 0.4) is 0 Å². The summed E-state index contributed by atoms with van der Waals surface area (Å²) >= 11 is 0. The van der Waals surface area contributed by atoms with Gasteiger partial charge in [0.1, 0.15) is 14.3 Å². The second-order valence-electron chi connectivity index (χ2n) is 4.58. The molecule has 90 valence electrons. The van der Waals surface area contributed by atoms with E-state index in [1.165, 1.54) is 5.56 Å². The Morgan fingerprint density at radius 3 is 2.71 bits per heavy atom. The number of nitrogens with zero attached hydrogens (tertiary/aromatic N) is 2. The van der Waals surface area contributed by atoms with Gasteiger partial charge >= 0.3 is 8.45 Å². The van der Waals surface area contributed by atoms with E-state index < -0.39 is 8.45 Å². The normalized spacial score (nSPS) is 21.2. The Bertz CT molecular complexity index is 456. The lowest BCUT2D eigenvalue weighted by Gasteiger charge is -2.23. The summed E-state index contributed by atoms with van der Waals surface area (Å²) in [5.41, 5.74) is 1.27. The predicted molar refractivity (Wildman–Crippen MR) is 74.5 cm³/mol. The van der Waals surface area contributed by atoms with Crippen molar-refractivity contribution in [1.82, 2.24) is 4.86 Å². The van der Waals surface area contributed by atoms with Gasteiger partial charge in [-0.15, -0.1) is 0 Å². The molecule has 17 heavy (non-hydrogen) atoms. The molecule has 7 heteroatoms. The van der Waals surface area contributed by atoms with E-state index in [1.54, 1.807) is 0 Å². The highest BCUT2D eigenvalue weighted by atomic mass is 31.2. The maximum atomic E-state index is 5.93. The second-order valence-corrected chi connectivity index (χ2v) is 7.92. The van der Waals surface area contributed by atoms with Crippen LogP contribution in [0.2, 0.25) is 0 Å². The summed E-state index contributed by atoms with van der Waals surface area (Å²) in [6.07, 6.45) is 0. The third kappa shape index (κ3) is 3.53. The molecule has 0 spiro atoms. The Morgan fingerprint density at radius 2 is 2.06 bits per heavy atom. The fourth-order valence-corrected chi connectivity index (χ4v) is 4.37. The molecule has 0 saturated heterocycles. The van der Waals surface area contributed by atoms with Crippen LogP contribution < -0.4 is 9.38 Å². The Hall–Kier alpha value is -0.390. The lowest BCUT2D eigenvalue weighted by molar-refractivity contribution is 0.535. The van der Waals surface area contributed by atoms with Crippen molar-refractivity contribution in [2.75, 3.05) is 0 Å². The Balaban J connectivity index is 2.21. The van der Waals surface area contributed by atoms with Gasteiger partial charge in [-0.3, -0.25) is 0 Å². The van der Waals surface area contributed by atoms with Crippen LogP contribution in [0, 0.1) is 0 Å². The number of para-hydroxylation sites is 1. The zero-order chi connectivity index (χ0) is 12.3. The molecule has 0 radical (unpaired) electrons. The van der Waals surface area contributed by atoms with Crippen molar-refractivity contribution in [2.45, 2.75) is 26.2 Å². The summed E-state index contributed by atoms with van der Waals surface area (Å²) < 4.78 is 14.2. The molecular weight excluding hydrogens is 271 g/mol. The van der Waals surface area contributed by atoms with E-state index in [0.29, 0.717) is 0 Å². The molecule has 0 saturated carbocycles. The number of nitrogens with one attached hydrogen (secondary N) is 1. The van der Waals surface area contributed by atoms with E-state index in [1.807, 2.05) is 18.2 Å². The molecule has 4 nitrogen and oxygen atoms in total. The summed E-state index contributed by atoms with van der Waals surface area (Å²) in [5.74, 6) is 0.912. The molecule has 1 aliphatic rings. The Morgan fingerprint density at radius 1 is 1.29 bits per heavy atom. The quantitative estimate of drug-likeness (QED) is 0.751. The predicted octanol–water partition coefficient (Wildman–Crippen LogP) is 5.28. The van der Waals surface area contributed by atoms with Crippen molar-refractivity contribution in [2.24, 2.45) is 9.03 Å². The van der Waals surface area contributed by atoms with Gasteiger partial charge in [-0.05, 0) is 17.0 Å². The topological polar surface area (TPSA) is 46.0 Å². The maximum Gasteiger partial charge on any atom is 0.311 e. The molecule has 0 fully saturated rings. The Kier molecular flexibility index (Phi) is 4.22. The first kappa shape index (κ1) is 13.1. The van der Waals surface area contributed by atoms with Crippen LogP contribution in [0.15, 0.2) is 33.3 Å². The molecular formula is C10H14N3OP3. The summed E-state index contributed by atoms with van der Waals surface area (Å²) in [5, 5.41) is 0. The molecule has 0 aliphatic carbocycles. The van der Waals surface area contributed by atoms with Gasteiger partial charge in [-0.25, -0.2) is 0 Å². The molecule has 0 amide bonds. The molecule has 1 unspecified atom stereocenters. The van der Waals surface area contributed by atoms with Crippen LogP contribution >= 0.6 is 25.5 Å². The van der Waals surface area contributed by atoms with Gasteiger partial charge in [0.15, 0.2) is 8.52 Å². The third-order valence-electron chi connectivity index (χ3n) is 2.22. The minimum absolute atomic E-state index is 0.0709. The highest BCUT2D eigenvalue weighted by Gasteiger charge is 2.21. The fourth-order valence-electron chi connectivity index (χ4n) is 1.45. The van der Waals surface area contributed by atoms with Crippen molar-refractivity contribution in [1.29, 1.82) is 0 Å². The van der Waals surface area contributed by atoms with Gasteiger partial charge in [0.05, 0.1) is 0 Å². The van der Waals surface area contributed by atoms with E-state index in [0.717, 1.165) is 22.8 Å². The van der Waals surface area contributed by atoms with Crippen LogP contribution in [0.5, 0.6) is 5.75 Å². The van der Waals surface area contributed by atoms with Crippen molar-refractivity contribution in [3.8, 4) is 5.75 Å². The van der Waals surface area contributed by atoms with Gasteiger partial charge in [0.2, 0.25) is 0 Å². The van der Waals surface area contributed by atoms with Gasteiger partial charge in [-0.2, -0.15) is 13.9 Å². The van der Waals surface area contributed by atoms with Crippen LogP contribution in [-0.2, 0) is 5.41 Å². The SMILES string of the molecule is CC(C)(C)c1ccccc1OP1N=PN=PN1. The molecule has 1 heterocycles. The highest BCUT2D eigenvalue weighted by Crippen LogP contribution is 2.46. The summed E-state index contributed by atoms with van der Waals surface area (Å²) in [6, 6.07) is 8.13. The minimum atomic E-state index is -0.955. The first-order chi connectivity index (χ1) is 8.07. The van der Waals surface area contributed by atoms with Crippen molar-refractivity contribution in [3.05, 3.63) is 29.8 Å². The molecule has 2 rings (SSSR count). The average Bonchev–Trinajstić information content (AvgIpc) is 2.30. The first-order valence-corrected chi connectivity index (χ1v) is 8.07. The van der Waals surface area contributed by atoms with Crippen LogP contribution in [-0.4, -0.2) is 0 Å². The largest absolute Gasteiger partial charge is 0.439 e. The monoisotopic (exact) mass is 285 g/mol. The number of hydrogen-bond acceptors (Lipinski definition) is 4. The molecule has 1 aromatic rings. The first-order valence-electron chi connectivity index (χ1n) is 5.21. The number of benzene rings is 1. The molecule has 1 aromatic carbocycles. The third-order valence-corrected chi connectivity index (χ3v) is 5.28. The molecule has 0 aromatic heterocycles. The van der Waals surface area contributed by atoms with Gasteiger partial charge in [-0.1, -0.05) is 39.0 Å². The van der Waals surface area contributed by atoms with Crippen molar-refractivity contribution < 1.29 is 4.52 Å². The number of hydrogen-bond donors (Lipinski definition) is 1. The molecule has 0 bridgehead atoms. The summed E-state index contributed by atoms with van der Waals surface area (Å²) in [4.78, 5) is 3.12. The maximum absolute atomic E-state index is 5.93. The van der Waals surface area contributed by atoms with Crippen LogP contribution in [0.25, 0.3) is 0 Å². The van der Waals surface area contributed by atoms with E-state index in [2.05, 4.69) is 40.7 Å². The van der Waals surface area contributed by atoms with E-state index in [4.69, 9.17) is 4.52 Å². The Labute approximate surface area is 106 Å². The number of rotatable bonds is 2. The molecule has 1 aliphatic heterocycles. The van der Waals surface area contributed by atoms with E-state index in [9.17, 15) is 0 Å². The lowest BCUT2D eigenvalue weighted by atomic mass is 9.86.